The molecule has 6 heteroatoms. The molecule has 4 nitrogen and oxygen atoms in total. The summed E-state index contributed by atoms with van der Waals surface area (Å²) in [6.07, 6.45) is 1.98. The lowest BCUT2D eigenvalue weighted by atomic mass is 10.00. The summed E-state index contributed by atoms with van der Waals surface area (Å²) in [5.74, 6) is -0.581. The standard InChI is InChI=1S/C28H25F2N3O/c29-22-12-8-20(9-13-22)27(34)7-4-17-32-18-16-26-25(19-32)28(21-10-14-23(30)15-11-21)31-33(26)24-5-2-1-3-6-24/h1-3,5-6,8-15H,4,7,16-19H2. The number of carbonyl (C=O) groups is 1. The van der Waals surface area contributed by atoms with Gasteiger partial charge in [-0.25, -0.2) is 13.5 Å². The molecule has 4 aromatic rings. The Balaban J connectivity index is 1.34. The number of carbonyl (C=O) groups excluding carboxylic acids is 1. The second kappa shape index (κ2) is 9.69. The number of fused-ring (bicyclic) bond motifs is 1. The molecule has 0 fully saturated rings. The van der Waals surface area contributed by atoms with Gasteiger partial charge in [0.15, 0.2) is 5.78 Å². The fourth-order valence-corrected chi connectivity index (χ4v) is 4.53. The van der Waals surface area contributed by atoms with E-state index in [-0.39, 0.29) is 17.4 Å². The van der Waals surface area contributed by atoms with E-state index in [0.717, 1.165) is 55.0 Å². The lowest BCUT2D eigenvalue weighted by Crippen LogP contribution is -2.32. The van der Waals surface area contributed by atoms with E-state index in [2.05, 4.69) is 4.90 Å². The number of rotatable bonds is 7. The second-order valence-corrected chi connectivity index (χ2v) is 8.59. The molecule has 0 atom stereocenters. The molecule has 1 aliphatic rings. The molecule has 0 bridgehead atoms. The average Bonchev–Trinajstić information content (AvgIpc) is 3.24. The van der Waals surface area contributed by atoms with E-state index < -0.39 is 0 Å². The predicted molar refractivity (Wildman–Crippen MR) is 128 cm³/mol. The van der Waals surface area contributed by atoms with Crippen LogP contribution in [-0.2, 0) is 13.0 Å². The molecule has 5 rings (SSSR count). The first kappa shape index (κ1) is 22.2. The Bertz CT molecular complexity index is 1280. The molecule has 0 saturated heterocycles. The van der Waals surface area contributed by atoms with Crippen LogP contribution in [0.25, 0.3) is 16.9 Å². The van der Waals surface area contributed by atoms with Crippen molar-refractivity contribution in [2.45, 2.75) is 25.8 Å². The minimum Gasteiger partial charge on any atom is -0.299 e. The maximum Gasteiger partial charge on any atom is 0.162 e. The predicted octanol–water partition coefficient (Wildman–Crippen LogP) is 5.84. The molecule has 2 heterocycles. The highest BCUT2D eigenvalue weighted by Gasteiger charge is 2.26. The summed E-state index contributed by atoms with van der Waals surface area (Å²) in [5.41, 5.74) is 5.62. The zero-order valence-electron chi connectivity index (χ0n) is 18.8. The Morgan fingerprint density at radius 1 is 0.882 bits per heavy atom. The van der Waals surface area contributed by atoms with E-state index in [0.29, 0.717) is 12.0 Å². The van der Waals surface area contributed by atoms with Crippen LogP contribution < -0.4 is 0 Å². The first-order chi connectivity index (χ1) is 16.6. The van der Waals surface area contributed by atoms with Crippen LogP contribution in [0.1, 0.15) is 34.5 Å². The zero-order valence-corrected chi connectivity index (χ0v) is 18.8. The molecular weight excluding hydrogens is 432 g/mol. The number of hydrogen-bond donors (Lipinski definition) is 0. The normalized spacial score (nSPS) is 13.6. The average molecular weight is 458 g/mol. The number of Topliss-reactive ketones (excluding diaryl/α,β-unsaturated/α-hetero) is 1. The van der Waals surface area contributed by atoms with Crippen molar-refractivity contribution < 1.29 is 13.6 Å². The number of hydrogen-bond acceptors (Lipinski definition) is 3. The summed E-state index contributed by atoms with van der Waals surface area (Å²) in [7, 11) is 0. The number of benzene rings is 3. The Morgan fingerprint density at radius 2 is 1.56 bits per heavy atom. The molecule has 1 aromatic heterocycles. The quantitative estimate of drug-likeness (QED) is 0.327. The fourth-order valence-electron chi connectivity index (χ4n) is 4.53. The highest BCUT2D eigenvalue weighted by molar-refractivity contribution is 5.95. The molecule has 0 N–H and O–H groups in total. The number of nitrogens with zero attached hydrogens (tertiary/aromatic N) is 3. The Morgan fingerprint density at radius 3 is 2.26 bits per heavy atom. The minimum absolute atomic E-state index is 0.0293. The van der Waals surface area contributed by atoms with Crippen molar-refractivity contribution in [3.8, 4) is 16.9 Å². The minimum atomic E-state index is -0.339. The summed E-state index contributed by atoms with van der Waals surface area (Å²) in [6.45, 7) is 2.38. The molecule has 3 aromatic carbocycles. The van der Waals surface area contributed by atoms with Crippen molar-refractivity contribution in [1.82, 2.24) is 14.7 Å². The lowest BCUT2D eigenvalue weighted by Gasteiger charge is -2.27. The smallest absolute Gasteiger partial charge is 0.162 e. The molecular formula is C28H25F2N3O. The first-order valence-corrected chi connectivity index (χ1v) is 11.5. The van der Waals surface area contributed by atoms with E-state index in [1.165, 1.54) is 42.1 Å². The monoisotopic (exact) mass is 457 g/mol. The zero-order chi connectivity index (χ0) is 23.5. The highest BCUT2D eigenvalue weighted by Crippen LogP contribution is 2.32. The van der Waals surface area contributed by atoms with Crippen molar-refractivity contribution in [2.75, 3.05) is 13.1 Å². The number of para-hydroxylation sites is 1. The Labute approximate surface area is 197 Å². The van der Waals surface area contributed by atoms with Gasteiger partial charge in [-0.2, -0.15) is 5.10 Å². The van der Waals surface area contributed by atoms with Crippen LogP contribution in [0.4, 0.5) is 8.78 Å². The van der Waals surface area contributed by atoms with E-state index in [1.54, 1.807) is 12.1 Å². The van der Waals surface area contributed by atoms with Crippen molar-refractivity contribution >= 4 is 5.78 Å². The summed E-state index contributed by atoms with van der Waals surface area (Å²) < 4.78 is 28.7. The fraction of sp³-hybridized carbons (Fsp3) is 0.214. The first-order valence-electron chi connectivity index (χ1n) is 11.5. The van der Waals surface area contributed by atoms with Gasteiger partial charge in [0.2, 0.25) is 0 Å². The highest BCUT2D eigenvalue weighted by atomic mass is 19.1. The largest absolute Gasteiger partial charge is 0.299 e. The Hall–Kier alpha value is -3.64. The van der Waals surface area contributed by atoms with E-state index in [1.807, 2.05) is 35.0 Å². The van der Waals surface area contributed by atoms with E-state index in [9.17, 15) is 13.6 Å². The summed E-state index contributed by atoms with van der Waals surface area (Å²) in [5, 5.41) is 4.93. The summed E-state index contributed by atoms with van der Waals surface area (Å²) in [6, 6.07) is 22.2. The van der Waals surface area contributed by atoms with Gasteiger partial charge in [-0.3, -0.25) is 9.69 Å². The molecule has 0 unspecified atom stereocenters. The van der Waals surface area contributed by atoms with Gasteiger partial charge in [-0.1, -0.05) is 18.2 Å². The molecule has 0 saturated carbocycles. The van der Waals surface area contributed by atoms with Gasteiger partial charge in [0.1, 0.15) is 11.6 Å². The van der Waals surface area contributed by atoms with Gasteiger partial charge < -0.3 is 0 Å². The van der Waals surface area contributed by atoms with Gasteiger partial charge >= 0.3 is 0 Å². The summed E-state index contributed by atoms with van der Waals surface area (Å²) in [4.78, 5) is 14.8. The van der Waals surface area contributed by atoms with Crippen molar-refractivity contribution in [1.29, 1.82) is 0 Å². The molecule has 0 amide bonds. The van der Waals surface area contributed by atoms with Gasteiger partial charge in [-0.05, 0) is 73.6 Å². The van der Waals surface area contributed by atoms with Crippen molar-refractivity contribution in [3.05, 3.63) is 107 Å². The van der Waals surface area contributed by atoms with Crippen LogP contribution in [0.5, 0.6) is 0 Å². The maximum absolute atomic E-state index is 13.5. The lowest BCUT2D eigenvalue weighted by molar-refractivity contribution is 0.0973. The topological polar surface area (TPSA) is 38.1 Å². The van der Waals surface area contributed by atoms with Crippen molar-refractivity contribution in [2.24, 2.45) is 0 Å². The third kappa shape index (κ3) is 4.68. The van der Waals surface area contributed by atoms with Crippen LogP contribution in [-0.4, -0.2) is 33.6 Å². The molecule has 0 radical (unpaired) electrons. The van der Waals surface area contributed by atoms with Gasteiger partial charge in [0.25, 0.3) is 0 Å². The molecule has 172 valence electrons. The molecule has 0 spiro atoms. The SMILES string of the molecule is O=C(CCCN1CCc2c(c(-c3ccc(F)cc3)nn2-c2ccccc2)C1)c1ccc(F)cc1. The van der Waals surface area contributed by atoms with Crippen molar-refractivity contribution in [3.63, 3.8) is 0 Å². The number of halogens is 2. The number of ketones is 1. The second-order valence-electron chi connectivity index (χ2n) is 8.59. The Kier molecular flexibility index (Phi) is 6.32. The van der Waals surface area contributed by atoms with Crippen LogP contribution in [0, 0.1) is 11.6 Å². The third-order valence-corrected chi connectivity index (χ3v) is 6.30. The molecule has 34 heavy (non-hydrogen) atoms. The third-order valence-electron chi connectivity index (χ3n) is 6.30. The van der Waals surface area contributed by atoms with Crippen LogP contribution in [0.15, 0.2) is 78.9 Å². The van der Waals surface area contributed by atoms with Crippen LogP contribution in [0.2, 0.25) is 0 Å². The van der Waals surface area contributed by atoms with Gasteiger partial charge in [0.05, 0.1) is 17.1 Å². The van der Waals surface area contributed by atoms with Gasteiger partial charge in [-0.15, -0.1) is 0 Å². The maximum atomic E-state index is 13.5. The summed E-state index contributed by atoms with van der Waals surface area (Å²) >= 11 is 0. The van der Waals surface area contributed by atoms with E-state index >= 15 is 0 Å². The van der Waals surface area contributed by atoms with Gasteiger partial charge in [0, 0.05) is 42.6 Å². The molecule has 0 aliphatic carbocycles. The van der Waals surface area contributed by atoms with Crippen LogP contribution >= 0.6 is 0 Å². The van der Waals surface area contributed by atoms with Crippen LogP contribution in [0.3, 0.4) is 0 Å². The number of aromatic nitrogens is 2. The van der Waals surface area contributed by atoms with E-state index in [4.69, 9.17) is 5.10 Å². The molecule has 1 aliphatic heterocycles.